The number of morpholine rings is 1. The van der Waals surface area contributed by atoms with Gasteiger partial charge in [0.25, 0.3) is 0 Å². The maximum atomic E-state index is 6.16. The topological polar surface area (TPSA) is 76.0 Å². The zero-order valence-corrected chi connectivity index (χ0v) is 16.4. The van der Waals surface area contributed by atoms with Gasteiger partial charge < -0.3 is 20.2 Å². The van der Waals surface area contributed by atoms with E-state index >= 15 is 0 Å². The van der Waals surface area contributed by atoms with Crippen molar-refractivity contribution in [3.05, 3.63) is 53.5 Å². The monoisotopic (exact) mass is 370 g/mol. The maximum absolute atomic E-state index is 6.16. The van der Waals surface area contributed by atoms with Crippen LogP contribution in [-0.4, -0.2) is 43.7 Å². The third kappa shape index (κ3) is 5.34. The number of nitrogens with one attached hydrogen (secondary N) is 1. The first-order chi connectivity index (χ1) is 13.0. The van der Waals surface area contributed by atoms with E-state index in [2.05, 4.69) is 41.2 Å². The first kappa shape index (κ1) is 19.5. The summed E-state index contributed by atoms with van der Waals surface area (Å²) in [6.45, 7) is 10.0. The zero-order chi connectivity index (χ0) is 19.2. The highest BCUT2D eigenvalue weighted by Gasteiger charge is 2.25. The number of furan rings is 1. The third-order valence-electron chi connectivity index (χ3n) is 4.84. The second-order valence-electron chi connectivity index (χ2n) is 7.24. The number of guanidine groups is 1. The van der Waals surface area contributed by atoms with Crippen molar-refractivity contribution in [1.29, 1.82) is 0 Å². The van der Waals surface area contributed by atoms with E-state index in [4.69, 9.17) is 14.9 Å². The van der Waals surface area contributed by atoms with Crippen molar-refractivity contribution in [2.24, 2.45) is 10.7 Å². The van der Waals surface area contributed by atoms with Gasteiger partial charge in [-0.25, -0.2) is 0 Å². The molecular weight excluding hydrogens is 340 g/mol. The molecule has 1 aromatic heterocycles. The molecule has 2 heterocycles. The summed E-state index contributed by atoms with van der Waals surface area (Å²) in [5.74, 6) is 2.71. The fraction of sp³-hybridized carbons (Fsp3) is 0.476. The average molecular weight is 370 g/mol. The lowest BCUT2D eigenvalue weighted by molar-refractivity contribution is 0.0135. The number of aliphatic imine (C=N–C) groups is 1. The zero-order valence-electron chi connectivity index (χ0n) is 16.4. The van der Waals surface area contributed by atoms with Crippen LogP contribution in [0.15, 0.2) is 45.8 Å². The summed E-state index contributed by atoms with van der Waals surface area (Å²) in [5, 5.41) is 3.21. The number of hydrogen-bond donors (Lipinski definition) is 2. The molecule has 146 valence electrons. The highest BCUT2D eigenvalue weighted by atomic mass is 16.5. The largest absolute Gasteiger partial charge is 0.465 e. The number of anilines is 1. The van der Waals surface area contributed by atoms with Gasteiger partial charge in [0.05, 0.1) is 25.8 Å². The number of ether oxygens (including phenoxy) is 1. The molecule has 1 fully saturated rings. The molecular formula is C21H30N4O2. The van der Waals surface area contributed by atoms with Gasteiger partial charge in [0, 0.05) is 18.8 Å². The van der Waals surface area contributed by atoms with Gasteiger partial charge in [-0.1, -0.05) is 26.0 Å². The number of benzene rings is 1. The Labute approximate surface area is 161 Å². The van der Waals surface area contributed by atoms with Crippen LogP contribution < -0.4 is 11.1 Å². The Balaban J connectivity index is 1.70. The Hall–Kier alpha value is -2.31. The summed E-state index contributed by atoms with van der Waals surface area (Å²) in [4.78, 5) is 6.94. The quantitative estimate of drug-likeness (QED) is 0.601. The first-order valence-electron chi connectivity index (χ1n) is 9.58. The molecule has 1 aromatic carbocycles. The molecule has 0 amide bonds. The SMILES string of the molecule is Cc1ccc(C(CN=C(N)Nc2cccc(C(C)C)c2)N2CCOCC2)o1. The molecule has 1 aliphatic rings. The normalized spacial score (nSPS) is 17.3. The molecule has 1 aliphatic heterocycles. The van der Waals surface area contributed by atoms with E-state index in [9.17, 15) is 0 Å². The van der Waals surface area contributed by atoms with Gasteiger partial charge in [-0.05, 0) is 42.7 Å². The van der Waals surface area contributed by atoms with Crippen molar-refractivity contribution in [1.82, 2.24) is 4.90 Å². The molecule has 0 radical (unpaired) electrons. The number of aryl methyl sites for hydroxylation is 1. The Bertz CT molecular complexity index is 763. The van der Waals surface area contributed by atoms with E-state index < -0.39 is 0 Å². The van der Waals surface area contributed by atoms with Crippen LogP contribution in [0.4, 0.5) is 5.69 Å². The predicted octanol–water partition coefficient (Wildman–Crippen LogP) is 3.51. The first-order valence-corrected chi connectivity index (χ1v) is 9.58. The molecule has 1 saturated heterocycles. The summed E-state index contributed by atoms with van der Waals surface area (Å²) in [6, 6.07) is 12.4. The van der Waals surface area contributed by atoms with Gasteiger partial charge in [0.15, 0.2) is 5.96 Å². The highest BCUT2D eigenvalue weighted by molar-refractivity contribution is 5.92. The summed E-state index contributed by atoms with van der Waals surface area (Å²) in [5.41, 5.74) is 8.38. The Morgan fingerprint density at radius 2 is 2.00 bits per heavy atom. The number of nitrogens with zero attached hydrogens (tertiary/aromatic N) is 2. The predicted molar refractivity (Wildman–Crippen MR) is 109 cm³/mol. The second-order valence-corrected chi connectivity index (χ2v) is 7.24. The van der Waals surface area contributed by atoms with E-state index in [1.807, 2.05) is 31.2 Å². The van der Waals surface area contributed by atoms with E-state index in [1.54, 1.807) is 0 Å². The lowest BCUT2D eigenvalue weighted by Crippen LogP contribution is -2.40. The van der Waals surface area contributed by atoms with E-state index in [-0.39, 0.29) is 6.04 Å². The molecule has 0 spiro atoms. The Morgan fingerprint density at radius 3 is 2.67 bits per heavy atom. The van der Waals surface area contributed by atoms with Gasteiger partial charge in [-0.15, -0.1) is 0 Å². The van der Waals surface area contributed by atoms with Crippen LogP contribution in [-0.2, 0) is 4.74 Å². The molecule has 3 rings (SSSR count). The van der Waals surface area contributed by atoms with Crippen LogP contribution in [0.1, 0.15) is 42.9 Å². The highest BCUT2D eigenvalue weighted by Crippen LogP contribution is 2.24. The van der Waals surface area contributed by atoms with Crippen LogP contribution >= 0.6 is 0 Å². The number of hydrogen-bond acceptors (Lipinski definition) is 4. The molecule has 3 N–H and O–H groups in total. The van der Waals surface area contributed by atoms with Crippen molar-refractivity contribution in [2.75, 3.05) is 38.2 Å². The average Bonchev–Trinajstić information content (AvgIpc) is 3.09. The summed E-state index contributed by atoms with van der Waals surface area (Å²) < 4.78 is 11.4. The molecule has 1 atom stereocenters. The standard InChI is InChI=1S/C21H30N4O2/c1-15(2)17-5-4-6-18(13-17)24-21(22)23-14-19(20-8-7-16(3)27-20)25-9-11-26-12-10-25/h4-8,13,15,19H,9-12,14H2,1-3H3,(H3,22,23,24). The van der Waals surface area contributed by atoms with Crippen LogP contribution in [0.3, 0.4) is 0 Å². The van der Waals surface area contributed by atoms with Crippen molar-refractivity contribution in [3.8, 4) is 0 Å². The lowest BCUT2D eigenvalue weighted by Gasteiger charge is -2.32. The van der Waals surface area contributed by atoms with Crippen molar-refractivity contribution in [3.63, 3.8) is 0 Å². The molecule has 2 aromatic rings. The minimum absolute atomic E-state index is 0.0601. The maximum Gasteiger partial charge on any atom is 0.193 e. The van der Waals surface area contributed by atoms with Crippen molar-refractivity contribution in [2.45, 2.75) is 32.7 Å². The van der Waals surface area contributed by atoms with Crippen molar-refractivity contribution < 1.29 is 9.15 Å². The minimum atomic E-state index is 0.0601. The van der Waals surface area contributed by atoms with Gasteiger partial charge in [-0.3, -0.25) is 9.89 Å². The lowest BCUT2D eigenvalue weighted by atomic mass is 10.0. The number of rotatable bonds is 6. The van der Waals surface area contributed by atoms with Crippen molar-refractivity contribution >= 4 is 11.6 Å². The van der Waals surface area contributed by atoms with Gasteiger partial charge in [0.2, 0.25) is 0 Å². The molecule has 0 saturated carbocycles. The molecule has 1 unspecified atom stereocenters. The summed E-state index contributed by atoms with van der Waals surface area (Å²) in [6.07, 6.45) is 0. The fourth-order valence-corrected chi connectivity index (χ4v) is 3.25. The van der Waals surface area contributed by atoms with Gasteiger partial charge >= 0.3 is 0 Å². The van der Waals surface area contributed by atoms with Gasteiger partial charge in [-0.2, -0.15) is 0 Å². The van der Waals surface area contributed by atoms with Crippen LogP contribution in [0.25, 0.3) is 0 Å². The minimum Gasteiger partial charge on any atom is -0.465 e. The Morgan fingerprint density at radius 1 is 1.22 bits per heavy atom. The Kier molecular flexibility index (Phi) is 6.53. The van der Waals surface area contributed by atoms with Gasteiger partial charge in [0.1, 0.15) is 11.5 Å². The summed E-state index contributed by atoms with van der Waals surface area (Å²) in [7, 11) is 0. The van der Waals surface area contributed by atoms with Crippen LogP contribution in [0.2, 0.25) is 0 Å². The number of nitrogens with two attached hydrogens (primary N) is 1. The molecule has 0 bridgehead atoms. The fourth-order valence-electron chi connectivity index (χ4n) is 3.25. The smallest absolute Gasteiger partial charge is 0.193 e. The summed E-state index contributed by atoms with van der Waals surface area (Å²) >= 11 is 0. The molecule has 6 heteroatoms. The van der Waals surface area contributed by atoms with Crippen LogP contribution in [0, 0.1) is 6.92 Å². The van der Waals surface area contributed by atoms with Crippen LogP contribution in [0.5, 0.6) is 0 Å². The van der Waals surface area contributed by atoms with E-state index in [1.165, 1.54) is 5.56 Å². The molecule has 0 aliphatic carbocycles. The van der Waals surface area contributed by atoms with E-state index in [0.29, 0.717) is 18.4 Å². The second kappa shape index (κ2) is 9.06. The van der Waals surface area contributed by atoms with E-state index in [0.717, 1.165) is 43.5 Å². The molecule has 6 nitrogen and oxygen atoms in total. The third-order valence-corrected chi connectivity index (χ3v) is 4.84. The molecule has 27 heavy (non-hydrogen) atoms.